The van der Waals surface area contributed by atoms with Gasteiger partial charge in [-0.15, -0.1) is 11.8 Å². The van der Waals surface area contributed by atoms with Gasteiger partial charge in [0.1, 0.15) is 0 Å². The molecule has 0 spiro atoms. The first kappa shape index (κ1) is 9.66. The van der Waals surface area contributed by atoms with Crippen molar-refractivity contribution >= 4 is 17.5 Å². The van der Waals surface area contributed by atoms with Crippen LogP contribution in [0.5, 0.6) is 0 Å². The summed E-state index contributed by atoms with van der Waals surface area (Å²) in [6.45, 7) is 5.22. The number of hydrogen-bond donors (Lipinski definition) is 0. The third-order valence-electron chi connectivity index (χ3n) is 2.81. The summed E-state index contributed by atoms with van der Waals surface area (Å²) >= 11 is 1.79. The third kappa shape index (κ3) is 1.55. The number of rotatable bonds is 1. The van der Waals surface area contributed by atoms with Gasteiger partial charge in [-0.05, 0) is 30.4 Å². The average molecular weight is 205 g/mol. The normalized spacial score (nSPS) is 15.6. The molecule has 0 atom stereocenters. The molecule has 0 fully saturated rings. The summed E-state index contributed by atoms with van der Waals surface area (Å²) in [6, 6.07) is 6.68. The van der Waals surface area contributed by atoms with Crippen molar-refractivity contribution in [2.45, 2.75) is 11.3 Å². The first-order valence-electron chi connectivity index (χ1n) is 4.79. The maximum Gasteiger partial charge on any atom is 0.0367 e. The molecule has 0 N–H and O–H groups in total. The van der Waals surface area contributed by atoms with Gasteiger partial charge in [-0.2, -0.15) is 0 Å². The third-order valence-corrected chi connectivity index (χ3v) is 3.53. The fraction of sp³-hybridized carbons (Fsp3) is 0.333. The lowest BCUT2D eigenvalue weighted by atomic mass is 9.98. The summed E-state index contributed by atoms with van der Waals surface area (Å²) in [5, 5.41) is 0. The molecule has 0 amide bonds. The minimum Gasteiger partial charge on any atom is -0.374 e. The van der Waals surface area contributed by atoms with Crippen LogP contribution in [0.25, 0.3) is 5.70 Å². The lowest BCUT2D eigenvalue weighted by molar-refractivity contribution is 0.470. The highest BCUT2D eigenvalue weighted by Gasteiger charge is 2.16. The van der Waals surface area contributed by atoms with E-state index in [4.69, 9.17) is 0 Å². The van der Waals surface area contributed by atoms with Crippen LogP contribution in [-0.4, -0.2) is 24.7 Å². The topological polar surface area (TPSA) is 3.24 Å². The van der Waals surface area contributed by atoms with Crippen molar-refractivity contribution in [1.29, 1.82) is 0 Å². The summed E-state index contributed by atoms with van der Waals surface area (Å²) in [5.41, 5.74) is 3.92. The molecule has 1 heterocycles. The predicted octanol–water partition coefficient (Wildman–Crippen LogP) is 2.87. The standard InChI is InChI=1S/C12H15NS/c1-9-12-8-11(14-3)5-4-10(12)6-7-13(9)2/h4-5,8H,1,6-7H2,2-3H3. The summed E-state index contributed by atoms with van der Waals surface area (Å²) < 4.78 is 0. The fourth-order valence-corrected chi connectivity index (χ4v) is 2.24. The molecule has 0 radical (unpaired) electrons. The van der Waals surface area contributed by atoms with Crippen LogP contribution in [0.3, 0.4) is 0 Å². The number of hydrogen-bond acceptors (Lipinski definition) is 2. The van der Waals surface area contributed by atoms with Crippen molar-refractivity contribution in [3.63, 3.8) is 0 Å². The number of thioether (sulfide) groups is 1. The number of benzene rings is 1. The molecule has 2 heteroatoms. The minimum atomic E-state index is 1.09. The Balaban J connectivity index is 2.46. The van der Waals surface area contributed by atoms with Gasteiger partial charge in [0, 0.05) is 29.7 Å². The Kier molecular flexibility index (Phi) is 2.55. The molecular weight excluding hydrogens is 190 g/mol. The van der Waals surface area contributed by atoms with Gasteiger partial charge in [-0.3, -0.25) is 0 Å². The molecule has 74 valence electrons. The van der Waals surface area contributed by atoms with E-state index in [-0.39, 0.29) is 0 Å². The van der Waals surface area contributed by atoms with Gasteiger partial charge in [0.2, 0.25) is 0 Å². The summed E-state index contributed by atoms with van der Waals surface area (Å²) in [6.07, 6.45) is 3.25. The van der Waals surface area contributed by atoms with Gasteiger partial charge < -0.3 is 4.90 Å². The zero-order valence-corrected chi connectivity index (χ0v) is 9.53. The van der Waals surface area contributed by atoms with Crippen LogP contribution >= 0.6 is 11.8 Å². The molecule has 2 rings (SSSR count). The van der Waals surface area contributed by atoms with Crippen LogP contribution in [0, 0.1) is 0 Å². The number of fused-ring (bicyclic) bond motifs is 1. The highest BCUT2D eigenvalue weighted by molar-refractivity contribution is 7.98. The van der Waals surface area contributed by atoms with Crippen LogP contribution in [0.4, 0.5) is 0 Å². The van der Waals surface area contributed by atoms with E-state index in [0.717, 1.165) is 18.7 Å². The predicted molar refractivity (Wildman–Crippen MR) is 63.6 cm³/mol. The Hall–Kier alpha value is -0.890. The second kappa shape index (κ2) is 3.70. The lowest BCUT2D eigenvalue weighted by Gasteiger charge is -2.29. The molecule has 1 aromatic carbocycles. The van der Waals surface area contributed by atoms with Gasteiger partial charge in [0.05, 0.1) is 0 Å². The van der Waals surface area contributed by atoms with Crippen molar-refractivity contribution in [3.8, 4) is 0 Å². The summed E-state index contributed by atoms with van der Waals surface area (Å²) in [5.74, 6) is 0. The molecule has 1 aromatic rings. The van der Waals surface area contributed by atoms with Gasteiger partial charge in [-0.25, -0.2) is 0 Å². The fourth-order valence-electron chi connectivity index (χ4n) is 1.80. The van der Waals surface area contributed by atoms with E-state index in [1.54, 1.807) is 11.8 Å². The Bertz CT molecular complexity index is 371. The molecule has 0 aliphatic carbocycles. The van der Waals surface area contributed by atoms with Gasteiger partial charge >= 0.3 is 0 Å². The smallest absolute Gasteiger partial charge is 0.0367 e. The second-order valence-corrected chi connectivity index (χ2v) is 4.52. The molecule has 1 nitrogen and oxygen atoms in total. The van der Waals surface area contributed by atoms with Crippen molar-refractivity contribution in [1.82, 2.24) is 4.90 Å². The van der Waals surface area contributed by atoms with Crippen LogP contribution in [0.15, 0.2) is 29.7 Å². The number of nitrogens with zero attached hydrogens (tertiary/aromatic N) is 1. The molecule has 1 aliphatic rings. The van der Waals surface area contributed by atoms with E-state index in [1.807, 2.05) is 0 Å². The molecule has 0 saturated heterocycles. The lowest BCUT2D eigenvalue weighted by Crippen LogP contribution is -2.24. The van der Waals surface area contributed by atoms with E-state index < -0.39 is 0 Å². The Morgan fingerprint density at radius 3 is 2.93 bits per heavy atom. The Morgan fingerprint density at radius 2 is 2.21 bits per heavy atom. The van der Waals surface area contributed by atoms with Gasteiger partial charge in [0.25, 0.3) is 0 Å². The maximum absolute atomic E-state index is 4.13. The molecule has 0 bridgehead atoms. The van der Waals surface area contributed by atoms with Crippen molar-refractivity contribution < 1.29 is 0 Å². The second-order valence-electron chi connectivity index (χ2n) is 3.64. The minimum absolute atomic E-state index is 1.09. The highest BCUT2D eigenvalue weighted by atomic mass is 32.2. The summed E-state index contributed by atoms with van der Waals surface area (Å²) in [7, 11) is 2.11. The van der Waals surface area contributed by atoms with Gasteiger partial charge in [-0.1, -0.05) is 12.6 Å². The Labute approximate surface area is 89.8 Å². The molecule has 1 aliphatic heterocycles. The zero-order chi connectivity index (χ0) is 10.1. The molecule has 14 heavy (non-hydrogen) atoms. The SMILES string of the molecule is C=C1c2cc(SC)ccc2CCN1C. The quantitative estimate of drug-likeness (QED) is 0.649. The van der Waals surface area contributed by atoms with E-state index in [2.05, 4.69) is 43.0 Å². The summed E-state index contributed by atoms with van der Waals surface area (Å²) in [4.78, 5) is 3.55. The zero-order valence-electron chi connectivity index (χ0n) is 8.71. The Morgan fingerprint density at radius 1 is 1.43 bits per heavy atom. The van der Waals surface area contributed by atoms with E-state index in [1.165, 1.54) is 16.0 Å². The molecule has 0 aromatic heterocycles. The maximum atomic E-state index is 4.13. The van der Waals surface area contributed by atoms with Crippen LogP contribution in [0.2, 0.25) is 0 Å². The highest BCUT2D eigenvalue weighted by Crippen LogP contribution is 2.29. The largest absolute Gasteiger partial charge is 0.374 e. The average Bonchev–Trinajstić information content (AvgIpc) is 2.23. The van der Waals surface area contributed by atoms with E-state index in [0.29, 0.717) is 0 Å². The van der Waals surface area contributed by atoms with Crippen LogP contribution < -0.4 is 0 Å². The molecule has 0 unspecified atom stereocenters. The van der Waals surface area contributed by atoms with Crippen LogP contribution in [-0.2, 0) is 6.42 Å². The van der Waals surface area contributed by atoms with Crippen molar-refractivity contribution in [3.05, 3.63) is 35.9 Å². The first-order chi connectivity index (χ1) is 6.72. The van der Waals surface area contributed by atoms with Crippen LogP contribution in [0.1, 0.15) is 11.1 Å². The van der Waals surface area contributed by atoms with E-state index >= 15 is 0 Å². The van der Waals surface area contributed by atoms with Crippen molar-refractivity contribution in [2.24, 2.45) is 0 Å². The van der Waals surface area contributed by atoms with Gasteiger partial charge in [0.15, 0.2) is 0 Å². The monoisotopic (exact) mass is 205 g/mol. The molecular formula is C12H15NS. The van der Waals surface area contributed by atoms with Crippen molar-refractivity contribution in [2.75, 3.05) is 19.8 Å². The molecule has 0 saturated carbocycles. The van der Waals surface area contributed by atoms with E-state index in [9.17, 15) is 0 Å². The number of likely N-dealkylation sites (N-methyl/N-ethyl adjacent to an activating group) is 1. The first-order valence-corrected chi connectivity index (χ1v) is 6.02.